The first-order chi connectivity index (χ1) is 14.3. The number of hydrogen-bond acceptors (Lipinski definition) is 5. The number of thiazole rings is 1. The summed E-state index contributed by atoms with van der Waals surface area (Å²) in [6.07, 6.45) is 0. The molecule has 0 amide bonds. The standard InChI is InChI=1S/C20H18Cl2FN3O2S2/c1-13-2-4-15(23)11-19(13)30(27,28)26-8-6-25(7-9-26)20-24-18(12-29-20)14-3-5-16(21)17(22)10-14/h2-5,10-12H,6-9H2,1H3. The Hall–Kier alpha value is -1.71. The molecule has 3 aromatic rings. The number of halogens is 3. The third-order valence-corrected chi connectivity index (χ3v) is 8.67. The Morgan fingerprint density at radius 2 is 1.77 bits per heavy atom. The van der Waals surface area contributed by atoms with E-state index in [4.69, 9.17) is 23.2 Å². The van der Waals surface area contributed by atoms with Crippen LogP contribution in [0.3, 0.4) is 0 Å². The summed E-state index contributed by atoms with van der Waals surface area (Å²) in [6, 6.07) is 9.20. The van der Waals surface area contributed by atoms with E-state index in [2.05, 4.69) is 9.88 Å². The lowest BCUT2D eigenvalue weighted by molar-refractivity contribution is 0.384. The molecule has 1 fully saturated rings. The highest BCUT2D eigenvalue weighted by atomic mass is 35.5. The molecule has 0 saturated carbocycles. The second kappa shape index (κ2) is 8.43. The van der Waals surface area contributed by atoms with Crippen LogP contribution in [0.5, 0.6) is 0 Å². The van der Waals surface area contributed by atoms with Crippen molar-refractivity contribution in [2.24, 2.45) is 0 Å². The van der Waals surface area contributed by atoms with Crippen molar-refractivity contribution in [1.29, 1.82) is 0 Å². The predicted octanol–water partition coefficient (Wildman–Crippen LogP) is 5.08. The van der Waals surface area contributed by atoms with Crippen molar-refractivity contribution in [3.05, 3.63) is 63.2 Å². The fourth-order valence-electron chi connectivity index (χ4n) is 3.31. The minimum absolute atomic E-state index is 0.0205. The number of anilines is 1. The maximum absolute atomic E-state index is 13.6. The van der Waals surface area contributed by atoms with Crippen molar-refractivity contribution >= 4 is 49.7 Å². The molecule has 0 spiro atoms. The summed E-state index contributed by atoms with van der Waals surface area (Å²) in [5.41, 5.74) is 2.19. The van der Waals surface area contributed by atoms with E-state index < -0.39 is 15.8 Å². The van der Waals surface area contributed by atoms with E-state index in [1.807, 2.05) is 11.4 Å². The number of piperazine rings is 1. The fraction of sp³-hybridized carbons (Fsp3) is 0.250. The van der Waals surface area contributed by atoms with Crippen molar-refractivity contribution in [2.75, 3.05) is 31.1 Å². The van der Waals surface area contributed by atoms with E-state index in [0.29, 0.717) is 41.8 Å². The molecule has 0 aliphatic carbocycles. The van der Waals surface area contributed by atoms with E-state index in [-0.39, 0.29) is 4.90 Å². The van der Waals surface area contributed by atoms with Crippen LogP contribution in [0.25, 0.3) is 11.3 Å². The number of hydrogen-bond donors (Lipinski definition) is 0. The van der Waals surface area contributed by atoms with Crippen LogP contribution in [0.1, 0.15) is 5.56 Å². The summed E-state index contributed by atoms with van der Waals surface area (Å²) in [6.45, 7) is 3.28. The number of nitrogens with zero attached hydrogens (tertiary/aromatic N) is 3. The largest absolute Gasteiger partial charge is 0.345 e. The van der Waals surface area contributed by atoms with Crippen LogP contribution in [0, 0.1) is 12.7 Å². The second-order valence-electron chi connectivity index (χ2n) is 6.95. The Bertz CT molecular complexity index is 1190. The Kier molecular flexibility index (Phi) is 6.05. The highest BCUT2D eigenvalue weighted by Gasteiger charge is 2.30. The lowest BCUT2D eigenvalue weighted by atomic mass is 10.2. The summed E-state index contributed by atoms with van der Waals surface area (Å²) in [5, 5.41) is 3.71. The number of benzene rings is 2. The number of sulfonamides is 1. The molecule has 158 valence electrons. The van der Waals surface area contributed by atoms with Gasteiger partial charge in [0.25, 0.3) is 0 Å². The lowest BCUT2D eigenvalue weighted by Gasteiger charge is -2.34. The third-order valence-electron chi connectivity index (χ3n) is 4.98. The molecule has 1 aromatic heterocycles. The molecular weight excluding hydrogens is 468 g/mol. The first kappa shape index (κ1) is 21.5. The highest BCUT2D eigenvalue weighted by molar-refractivity contribution is 7.89. The molecule has 1 saturated heterocycles. The molecule has 1 aliphatic heterocycles. The number of rotatable bonds is 4. The monoisotopic (exact) mass is 485 g/mol. The van der Waals surface area contributed by atoms with Gasteiger partial charge in [-0.25, -0.2) is 17.8 Å². The molecule has 10 heteroatoms. The average molecular weight is 486 g/mol. The molecule has 0 bridgehead atoms. The van der Waals surface area contributed by atoms with Gasteiger partial charge in [0.15, 0.2) is 5.13 Å². The zero-order valence-corrected chi connectivity index (χ0v) is 19.1. The maximum atomic E-state index is 13.6. The minimum Gasteiger partial charge on any atom is -0.345 e. The highest BCUT2D eigenvalue weighted by Crippen LogP contribution is 2.32. The van der Waals surface area contributed by atoms with Crippen LogP contribution < -0.4 is 4.90 Å². The van der Waals surface area contributed by atoms with E-state index in [1.54, 1.807) is 19.1 Å². The Balaban J connectivity index is 1.48. The van der Waals surface area contributed by atoms with Gasteiger partial charge in [0.05, 0.1) is 20.6 Å². The second-order valence-corrected chi connectivity index (χ2v) is 10.5. The first-order valence-corrected chi connectivity index (χ1v) is 12.3. The zero-order valence-electron chi connectivity index (χ0n) is 16.0. The van der Waals surface area contributed by atoms with Crippen molar-refractivity contribution in [2.45, 2.75) is 11.8 Å². The van der Waals surface area contributed by atoms with Gasteiger partial charge in [0, 0.05) is 37.1 Å². The Morgan fingerprint density at radius 3 is 2.47 bits per heavy atom. The van der Waals surface area contributed by atoms with Crippen molar-refractivity contribution in [3.63, 3.8) is 0 Å². The van der Waals surface area contributed by atoms with Gasteiger partial charge in [0.2, 0.25) is 10.0 Å². The molecule has 0 atom stereocenters. The molecule has 2 heterocycles. The Labute approximate surface area is 188 Å². The molecule has 1 aliphatic rings. The summed E-state index contributed by atoms with van der Waals surface area (Å²) in [4.78, 5) is 6.74. The number of aromatic nitrogens is 1. The first-order valence-electron chi connectivity index (χ1n) is 9.18. The van der Waals surface area contributed by atoms with Gasteiger partial charge in [0.1, 0.15) is 5.82 Å². The van der Waals surface area contributed by atoms with E-state index in [9.17, 15) is 12.8 Å². The summed E-state index contributed by atoms with van der Waals surface area (Å²) in [7, 11) is -3.74. The van der Waals surface area contributed by atoms with Crippen LogP contribution in [-0.2, 0) is 10.0 Å². The van der Waals surface area contributed by atoms with Gasteiger partial charge in [-0.05, 0) is 36.8 Å². The quantitative estimate of drug-likeness (QED) is 0.517. The van der Waals surface area contributed by atoms with Crippen molar-refractivity contribution in [1.82, 2.24) is 9.29 Å². The molecule has 0 N–H and O–H groups in total. The van der Waals surface area contributed by atoms with E-state index in [0.717, 1.165) is 22.5 Å². The predicted molar refractivity (Wildman–Crippen MR) is 120 cm³/mol. The van der Waals surface area contributed by atoms with Gasteiger partial charge in [-0.2, -0.15) is 4.31 Å². The van der Waals surface area contributed by atoms with Gasteiger partial charge >= 0.3 is 0 Å². The molecule has 30 heavy (non-hydrogen) atoms. The van der Waals surface area contributed by atoms with E-state index >= 15 is 0 Å². The van der Waals surface area contributed by atoms with Gasteiger partial charge in [-0.3, -0.25) is 0 Å². The topological polar surface area (TPSA) is 53.5 Å². The zero-order chi connectivity index (χ0) is 21.5. The molecule has 2 aromatic carbocycles. The SMILES string of the molecule is Cc1ccc(F)cc1S(=O)(=O)N1CCN(c2nc(-c3ccc(Cl)c(Cl)c3)cs2)CC1. The van der Waals surface area contributed by atoms with Crippen LogP contribution in [-0.4, -0.2) is 43.9 Å². The van der Waals surface area contributed by atoms with Crippen molar-refractivity contribution < 1.29 is 12.8 Å². The van der Waals surface area contributed by atoms with Crippen LogP contribution in [0.15, 0.2) is 46.7 Å². The molecular formula is C20H18Cl2FN3O2S2. The third kappa shape index (κ3) is 4.20. The van der Waals surface area contributed by atoms with Gasteiger partial charge < -0.3 is 4.90 Å². The van der Waals surface area contributed by atoms with E-state index in [1.165, 1.54) is 27.8 Å². The summed E-state index contributed by atoms with van der Waals surface area (Å²) in [5.74, 6) is -0.560. The summed E-state index contributed by atoms with van der Waals surface area (Å²) < 4.78 is 40.9. The molecule has 0 radical (unpaired) electrons. The summed E-state index contributed by atoms with van der Waals surface area (Å²) >= 11 is 13.6. The normalized spacial score (nSPS) is 15.5. The smallest absolute Gasteiger partial charge is 0.243 e. The van der Waals surface area contributed by atoms with Crippen LogP contribution in [0.2, 0.25) is 10.0 Å². The fourth-order valence-corrected chi connectivity index (χ4v) is 6.15. The van der Waals surface area contributed by atoms with Crippen molar-refractivity contribution in [3.8, 4) is 11.3 Å². The molecule has 4 rings (SSSR count). The Morgan fingerprint density at radius 1 is 1.03 bits per heavy atom. The average Bonchev–Trinajstić information content (AvgIpc) is 3.22. The number of aryl methyl sites for hydroxylation is 1. The van der Waals surface area contributed by atoms with Crippen LogP contribution in [0.4, 0.5) is 9.52 Å². The molecule has 5 nitrogen and oxygen atoms in total. The molecule has 0 unspecified atom stereocenters. The van der Waals surface area contributed by atoms with Gasteiger partial charge in [-0.15, -0.1) is 11.3 Å². The maximum Gasteiger partial charge on any atom is 0.243 e. The van der Waals surface area contributed by atoms with Crippen LogP contribution >= 0.6 is 34.5 Å². The minimum atomic E-state index is -3.74. The van der Waals surface area contributed by atoms with Gasteiger partial charge in [-0.1, -0.05) is 35.3 Å². The lowest BCUT2D eigenvalue weighted by Crippen LogP contribution is -2.48.